The number of carbonyl (C=O) groups excluding carboxylic acids is 3. The molecule has 0 aromatic heterocycles. The van der Waals surface area contributed by atoms with Crippen molar-refractivity contribution < 1.29 is 68.4 Å². The predicted octanol–water partition coefficient (Wildman–Crippen LogP) is 2.74. The molecule has 2 atom stereocenters. The summed E-state index contributed by atoms with van der Waals surface area (Å²) in [5.41, 5.74) is 0. The molecule has 0 fully saturated rings. The summed E-state index contributed by atoms with van der Waals surface area (Å²) < 4.78 is 10.6. The van der Waals surface area contributed by atoms with E-state index in [1.165, 1.54) is 6.92 Å². The fourth-order valence-corrected chi connectivity index (χ4v) is 3.72. The van der Waals surface area contributed by atoms with Crippen molar-refractivity contribution in [2.45, 2.75) is 155 Å². The van der Waals surface area contributed by atoms with Gasteiger partial charge in [0, 0.05) is 25.7 Å². The first-order valence-corrected chi connectivity index (χ1v) is 13.9. The minimum Gasteiger partial charge on any atom is -0.550 e. The molecule has 0 bridgehead atoms. The second kappa shape index (κ2) is 29.4. The van der Waals surface area contributed by atoms with Crippen LogP contribution in [-0.2, 0) is 28.7 Å². The van der Waals surface area contributed by atoms with Gasteiger partial charge in [0.2, 0.25) is 0 Å². The molecule has 8 nitrogen and oxygen atoms in total. The van der Waals surface area contributed by atoms with Crippen LogP contribution in [0.25, 0.3) is 0 Å². The standard InChI is InChI=1S/C16H30O4.C12H22O4.Na/c1-3-5-7-10-14(11-9-12-15(17)18)20-16(19)13-8-6-4-2;1-3-4-5-7-11(16-10(2)13)8-6-9-12(14)15;/h14H,3-13H2,1-2H3,(H,17,18);11H,3-9H2,1-2H3,(H,14,15);/q;;+1/p-1. The monoisotopic (exact) mass is 538 g/mol. The summed E-state index contributed by atoms with van der Waals surface area (Å²) in [6.45, 7) is 7.73. The van der Waals surface area contributed by atoms with Crippen LogP contribution in [0.15, 0.2) is 0 Å². The topological polar surface area (TPSA) is 130 Å². The summed E-state index contributed by atoms with van der Waals surface area (Å²) in [5.74, 6) is -2.26. The van der Waals surface area contributed by atoms with Crippen molar-refractivity contribution in [3.8, 4) is 0 Å². The van der Waals surface area contributed by atoms with Gasteiger partial charge in [0.25, 0.3) is 0 Å². The first kappa shape index (κ1) is 40.4. The molecule has 0 amide bonds. The van der Waals surface area contributed by atoms with Crippen molar-refractivity contribution in [3.63, 3.8) is 0 Å². The van der Waals surface area contributed by atoms with E-state index < -0.39 is 11.9 Å². The summed E-state index contributed by atoms with van der Waals surface area (Å²) >= 11 is 0. The minimum absolute atomic E-state index is 0. The Morgan fingerprint density at radius 3 is 1.51 bits per heavy atom. The van der Waals surface area contributed by atoms with Gasteiger partial charge >= 0.3 is 47.5 Å². The van der Waals surface area contributed by atoms with Crippen molar-refractivity contribution in [3.05, 3.63) is 0 Å². The molecular weight excluding hydrogens is 487 g/mol. The SMILES string of the molecule is CCCCCC(=O)OC(CCCCC)CCCC(=O)[O-].CCCCCC(CCCC(=O)O)OC(C)=O.[Na+]. The summed E-state index contributed by atoms with van der Waals surface area (Å²) in [5, 5.41) is 18.9. The number of unbranched alkanes of at least 4 members (excludes halogenated alkanes) is 6. The molecule has 9 heteroatoms. The molecule has 0 spiro atoms. The molecule has 0 rings (SSSR count). The van der Waals surface area contributed by atoms with Gasteiger partial charge in [-0.2, -0.15) is 0 Å². The maximum absolute atomic E-state index is 11.7. The molecule has 0 aliphatic rings. The van der Waals surface area contributed by atoms with E-state index in [0.29, 0.717) is 32.1 Å². The fraction of sp³-hybridized carbons (Fsp3) is 0.857. The second-order valence-corrected chi connectivity index (χ2v) is 9.34. The molecule has 0 heterocycles. The average Bonchev–Trinajstić information content (AvgIpc) is 2.79. The van der Waals surface area contributed by atoms with Gasteiger partial charge in [-0.25, -0.2) is 0 Å². The molecular formula is C28H51NaO8. The Bertz CT molecular complexity index is 583. The number of ether oxygens (including phenoxy) is 2. The smallest absolute Gasteiger partial charge is 0.550 e. The number of carboxylic acids is 2. The molecule has 0 aliphatic heterocycles. The number of carbonyl (C=O) groups is 4. The van der Waals surface area contributed by atoms with Crippen molar-refractivity contribution in [1.82, 2.24) is 0 Å². The van der Waals surface area contributed by atoms with E-state index in [2.05, 4.69) is 20.8 Å². The molecule has 37 heavy (non-hydrogen) atoms. The van der Waals surface area contributed by atoms with Crippen LogP contribution >= 0.6 is 0 Å². The van der Waals surface area contributed by atoms with E-state index in [1.807, 2.05) is 0 Å². The van der Waals surface area contributed by atoms with Gasteiger partial charge < -0.3 is 24.5 Å². The van der Waals surface area contributed by atoms with Crippen molar-refractivity contribution >= 4 is 23.9 Å². The van der Waals surface area contributed by atoms with Gasteiger partial charge in [-0.1, -0.05) is 59.3 Å². The first-order chi connectivity index (χ1) is 17.2. The summed E-state index contributed by atoms with van der Waals surface area (Å²) in [6, 6.07) is 0. The van der Waals surface area contributed by atoms with Crippen molar-refractivity contribution in [1.29, 1.82) is 0 Å². The number of hydrogen-bond acceptors (Lipinski definition) is 7. The predicted molar refractivity (Wildman–Crippen MR) is 138 cm³/mol. The van der Waals surface area contributed by atoms with Crippen LogP contribution in [0, 0.1) is 0 Å². The zero-order valence-electron chi connectivity index (χ0n) is 24.2. The Hall–Kier alpha value is -1.12. The summed E-state index contributed by atoms with van der Waals surface area (Å²) in [6.07, 6.45) is 14.0. The minimum atomic E-state index is -1.04. The molecule has 0 aliphatic carbocycles. The fourth-order valence-electron chi connectivity index (χ4n) is 3.72. The quantitative estimate of drug-likeness (QED) is 0.127. The Balaban J connectivity index is -0.000000623. The molecule has 212 valence electrons. The average molecular weight is 539 g/mol. The molecule has 0 saturated carbocycles. The Morgan fingerprint density at radius 2 is 1.08 bits per heavy atom. The summed E-state index contributed by atoms with van der Waals surface area (Å²) in [4.78, 5) is 43.3. The molecule has 1 N–H and O–H groups in total. The van der Waals surface area contributed by atoms with Crippen LogP contribution in [0.5, 0.6) is 0 Å². The molecule has 0 aromatic carbocycles. The third-order valence-corrected chi connectivity index (χ3v) is 5.70. The first-order valence-electron chi connectivity index (χ1n) is 13.9. The molecule has 0 radical (unpaired) electrons. The second-order valence-electron chi connectivity index (χ2n) is 9.34. The Morgan fingerprint density at radius 1 is 0.649 bits per heavy atom. The number of hydrogen-bond donors (Lipinski definition) is 1. The van der Waals surface area contributed by atoms with Crippen LogP contribution in [0.4, 0.5) is 0 Å². The zero-order valence-corrected chi connectivity index (χ0v) is 26.2. The number of esters is 2. The zero-order chi connectivity index (χ0) is 27.6. The van der Waals surface area contributed by atoms with Crippen LogP contribution in [0.1, 0.15) is 143 Å². The van der Waals surface area contributed by atoms with E-state index in [0.717, 1.165) is 70.6 Å². The van der Waals surface area contributed by atoms with Crippen LogP contribution < -0.4 is 34.7 Å². The molecule has 2 unspecified atom stereocenters. The number of aliphatic carboxylic acids is 2. The van der Waals surface area contributed by atoms with Crippen molar-refractivity contribution in [2.75, 3.05) is 0 Å². The Labute approximate surface area is 246 Å². The Kier molecular flexibility index (Phi) is 32.1. The normalized spacial score (nSPS) is 11.8. The van der Waals surface area contributed by atoms with E-state index in [1.54, 1.807) is 0 Å². The van der Waals surface area contributed by atoms with Gasteiger partial charge in [-0.3, -0.25) is 14.4 Å². The molecule has 0 aromatic rings. The third-order valence-electron chi connectivity index (χ3n) is 5.70. The maximum atomic E-state index is 11.7. The van der Waals surface area contributed by atoms with E-state index in [-0.39, 0.29) is 66.5 Å². The van der Waals surface area contributed by atoms with Crippen LogP contribution in [-0.4, -0.2) is 41.2 Å². The van der Waals surface area contributed by atoms with E-state index in [9.17, 15) is 24.3 Å². The van der Waals surface area contributed by atoms with Gasteiger partial charge in [-0.15, -0.1) is 0 Å². The number of rotatable bonds is 22. The molecule has 0 saturated heterocycles. The van der Waals surface area contributed by atoms with Gasteiger partial charge in [0.05, 0.1) is 0 Å². The third kappa shape index (κ3) is 32.9. The maximum Gasteiger partial charge on any atom is 1.00 e. The van der Waals surface area contributed by atoms with Crippen LogP contribution in [0.3, 0.4) is 0 Å². The van der Waals surface area contributed by atoms with Crippen LogP contribution in [0.2, 0.25) is 0 Å². The van der Waals surface area contributed by atoms with E-state index in [4.69, 9.17) is 14.6 Å². The largest absolute Gasteiger partial charge is 1.00 e. The van der Waals surface area contributed by atoms with Gasteiger partial charge in [0.1, 0.15) is 12.2 Å². The summed E-state index contributed by atoms with van der Waals surface area (Å²) in [7, 11) is 0. The number of carboxylic acid groups (broad SMARTS) is 2. The van der Waals surface area contributed by atoms with Gasteiger partial charge in [-0.05, 0) is 64.2 Å². The van der Waals surface area contributed by atoms with Gasteiger partial charge in [0.15, 0.2) is 0 Å². The van der Waals surface area contributed by atoms with E-state index >= 15 is 0 Å². The van der Waals surface area contributed by atoms with Crippen molar-refractivity contribution in [2.24, 2.45) is 0 Å².